The molecule has 0 saturated carbocycles. The Morgan fingerprint density at radius 1 is 1.15 bits per heavy atom. The molecule has 3 rings (SSSR count). The Balaban J connectivity index is 1.77. The molecule has 1 aromatic heterocycles. The van der Waals surface area contributed by atoms with E-state index in [9.17, 15) is 18.0 Å². The average molecular weight is 410 g/mol. The monoisotopic (exact) mass is 409 g/mol. The average Bonchev–Trinajstić information content (AvgIpc) is 2.63. The highest BCUT2D eigenvalue weighted by Crippen LogP contribution is 2.27. The second-order valence-electron chi connectivity index (χ2n) is 5.36. The molecule has 0 aliphatic heterocycles. The van der Waals surface area contributed by atoms with Crippen molar-refractivity contribution in [1.29, 1.82) is 0 Å². The van der Waals surface area contributed by atoms with Gasteiger partial charge in [0.25, 0.3) is 0 Å². The highest BCUT2D eigenvalue weighted by molar-refractivity contribution is 8.00. The zero-order valence-electron chi connectivity index (χ0n) is 13.5. The fraction of sp³-hybridized carbons (Fsp3) is 0.0556. The van der Waals surface area contributed by atoms with Crippen LogP contribution in [0.5, 0.6) is 0 Å². The van der Waals surface area contributed by atoms with Crippen LogP contribution in [0, 0.1) is 17.5 Å². The zero-order valence-corrected chi connectivity index (χ0v) is 15.1. The van der Waals surface area contributed by atoms with Gasteiger partial charge in [0, 0.05) is 6.20 Å². The van der Waals surface area contributed by atoms with Gasteiger partial charge in [-0.2, -0.15) is 0 Å². The summed E-state index contributed by atoms with van der Waals surface area (Å²) >= 11 is 6.38. The van der Waals surface area contributed by atoms with Gasteiger partial charge in [0.2, 0.25) is 5.28 Å². The summed E-state index contributed by atoms with van der Waals surface area (Å²) in [4.78, 5) is 20.0. The first-order valence-corrected chi connectivity index (χ1v) is 8.80. The minimum atomic E-state index is -0.799. The molecule has 0 radical (unpaired) electrons. The Morgan fingerprint density at radius 3 is 2.74 bits per heavy atom. The van der Waals surface area contributed by atoms with Crippen molar-refractivity contribution in [2.45, 2.75) is 11.3 Å². The Kier molecular flexibility index (Phi) is 5.98. The van der Waals surface area contributed by atoms with Crippen molar-refractivity contribution in [2.24, 2.45) is 0 Å². The van der Waals surface area contributed by atoms with Crippen LogP contribution in [-0.2, 0) is 6.42 Å². The van der Waals surface area contributed by atoms with E-state index in [0.29, 0.717) is 17.6 Å². The maximum absolute atomic E-state index is 14.7. The second kappa shape index (κ2) is 8.41. The van der Waals surface area contributed by atoms with E-state index in [1.165, 1.54) is 30.5 Å². The van der Waals surface area contributed by atoms with Gasteiger partial charge in [0.15, 0.2) is 11.6 Å². The first-order valence-electron chi connectivity index (χ1n) is 7.61. The lowest BCUT2D eigenvalue weighted by Crippen LogP contribution is -2.09. The standard InChI is InChI=1S/C18H11ClF3N3OS/c19-18-23-7-6-11(24-18)9-15(26)12-2-1-3-14(17(12)22)25-27-16-8-10(20)4-5-13(16)21/h1-8,25H,9H2. The van der Waals surface area contributed by atoms with E-state index in [2.05, 4.69) is 14.7 Å². The van der Waals surface area contributed by atoms with Gasteiger partial charge in [-0.25, -0.2) is 23.1 Å². The molecular weight excluding hydrogens is 399 g/mol. The van der Waals surface area contributed by atoms with Gasteiger partial charge in [-0.05, 0) is 59.9 Å². The van der Waals surface area contributed by atoms with Gasteiger partial charge in [-0.1, -0.05) is 6.07 Å². The summed E-state index contributed by atoms with van der Waals surface area (Å²) in [7, 11) is 0. The summed E-state index contributed by atoms with van der Waals surface area (Å²) < 4.78 is 44.1. The summed E-state index contributed by atoms with van der Waals surface area (Å²) in [5.41, 5.74) is 0.166. The molecule has 0 unspecified atom stereocenters. The molecule has 27 heavy (non-hydrogen) atoms. The Bertz CT molecular complexity index is 1000. The number of nitrogens with zero attached hydrogens (tertiary/aromatic N) is 2. The van der Waals surface area contributed by atoms with Crippen molar-refractivity contribution >= 4 is 35.0 Å². The second-order valence-corrected chi connectivity index (χ2v) is 6.55. The molecule has 0 amide bonds. The van der Waals surface area contributed by atoms with Crippen LogP contribution < -0.4 is 4.72 Å². The summed E-state index contributed by atoms with van der Waals surface area (Å²) in [6.07, 6.45) is 1.24. The number of rotatable bonds is 6. The molecule has 138 valence electrons. The van der Waals surface area contributed by atoms with E-state index in [1.54, 1.807) is 0 Å². The molecular formula is C18H11ClF3N3OS. The molecule has 4 nitrogen and oxygen atoms in total. The quantitative estimate of drug-likeness (QED) is 0.349. The first kappa shape index (κ1) is 19.2. The summed E-state index contributed by atoms with van der Waals surface area (Å²) in [5, 5.41) is -0.00953. The van der Waals surface area contributed by atoms with Gasteiger partial charge < -0.3 is 4.72 Å². The summed E-state index contributed by atoms with van der Waals surface area (Å²) in [6, 6.07) is 8.65. The van der Waals surface area contributed by atoms with Gasteiger partial charge in [0.05, 0.1) is 28.3 Å². The van der Waals surface area contributed by atoms with Crippen LogP contribution in [0.25, 0.3) is 0 Å². The van der Waals surface area contributed by atoms with Gasteiger partial charge >= 0.3 is 0 Å². The molecule has 0 saturated heterocycles. The van der Waals surface area contributed by atoms with E-state index in [-0.39, 0.29) is 27.9 Å². The topological polar surface area (TPSA) is 54.9 Å². The number of carbonyl (C=O) groups is 1. The fourth-order valence-electron chi connectivity index (χ4n) is 2.22. The number of hydrogen-bond acceptors (Lipinski definition) is 5. The van der Waals surface area contributed by atoms with Crippen LogP contribution in [0.4, 0.5) is 18.9 Å². The first-order chi connectivity index (χ1) is 12.9. The minimum Gasteiger partial charge on any atom is -0.323 e. The maximum Gasteiger partial charge on any atom is 0.222 e. The number of anilines is 1. The third-order valence-electron chi connectivity index (χ3n) is 3.49. The van der Waals surface area contributed by atoms with Crippen molar-refractivity contribution in [3.05, 3.63) is 82.7 Å². The lowest BCUT2D eigenvalue weighted by molar-refractivity contribution is 0.0988. The zero-order chi connectivity index (χ0) is 19.4. The molecule has 0 bridgehead atoms. The molecule has 9 heteroatoms. The lowest BCUT2D eigenvalue weighted by Gasteiger charge is -2.10. The van der Waals surface area contributed by atoms with E-state index in [4.69, 9.17) is 11.6 Å². The highest BCUT2D eigenvalue weighted by atomic mass is 35.5. The summed E-state index contributed by atoms with van der Waals surface area (Å²) in [6.45, 7) is 0. The van der Waals surface area contributed by atoms with Crippen LogP contribution in [-0.4, -0.2) is 15.8 Å². The number of carbonyl (C=O) groups excluding carboxylic acids is 1. The van der Waals surface area contributed by atoms with Crippen molar-refractivity contribution < 1.29 is 18.0 Å². The fourth-order valence-corrected chi connectivity index (χ4v) is 3.10. The molecule has 1 heterocycles. The predicted molar refractivity (Wildman–Crippen MR) is 97.3 cm³/mol. The molecule has 0 fully saturated rings. The number of aromatic nitrogens is 2. The Hall–Kier alpha value is -2.58. The van der Waals surface area contributed by atoms with E-state index < -0.39 is 23.2 Å². The molecule has 1 N–H and O–H groups in total. The van der Waals surface area contributed by atoms with Crippen LogP contribution >= 0.6 is 23.5 Å². The van der Waals surface area contributed by atoms with Crippen LogP contribution in [0.1, 0.15) is 16.1 Å². The molecule has 0 aliphatic rings. The smallest absolute Gasteiger partial charge is 0.222 e. The van der Waals surface area contributed by atoms with Crippen LogP contribution in [0.15, 0.2) is 53.6 Å². The van der Waals surface area contributed by atoms with Gasteiger partial charge in [-0.3, -0.25) is 4.79 Å². The van der Waals surface area contributed by atoms with Gasteiger partial charge in [-0.15, -0.1) is 0 Å². The van der Waals surface area contributed by atoms with Gasteiger partial charge in [0.1, 0.15) is 11.6 Å². The van der Waals surface area contributed by atoms with Crippen molar-refractivity contribution in [3.8, 4) is 0 Å². The summed E-state index contributed by atoms with van der Waals surface area (Å²) in [5.74, 6) is -2.57. The minimum absolute atomic E-state index is 0.00953. The number of halogens is 4. The number of hydrogen-bond donors (Lipinski definition) is 1. The van der Waals surface area contributed by atoms with Crippen molar-refractivity contribution in [2.75, 3.05) is 4.72 Å². The number of benzene rings is 2. The third-order valence-corrected chi connectivity index (χ3v) is 4.53. The third kappa shape index (κ3) is 4.78. The van der Waals surface area contributed by atoms with E-state index in [0.717, 1.165) is 18.2 Å². The largest absolute Gasteiger partial charge is 0.323 e. The molecule has 2 aromatic carbocycles. The van der Waals surface area contributed by atoms with Crippen molar-refractivity contribution in [1.82, 2.24) is 9.97 Å². The molecule has 0 aliphatic carbocycles. The SMILES string of the molecule is O=C(Cc1ccnc(Cl)n1)c1cccc(NSc2cc(F)ccc2F)c1F. The molecule has 0 spiro atoms. The maximum atomic E-state index is 14.7. The lowest BCUT2D eigenvalue weighted by atomic mass is 10.1. The Morgan fingerprint density at radius 2 is 1.96 bits per heavy atom. The van der Waals surface area contributed by atoms with E-state index >= 15 is 0 Å². The normalized spacial score (nSPS) is 10.7. The van der Waals surface area contributed by atoms with Crippen LogP contribution in [0.3, 0.4) is 0 Å². The van der Waals surface area contributed by atoms with Crippen LogP contribution in [0.2, 0.25) is 5.28 Å². The van der Waals surface area contributed by atoms with E-state index in [1.807, 2.05) is 0 Å². The van der Waals surface area contributed by atoms with Crippen molar-refractivity contribution in [3.63, 3.8) is 0 Å². The number of ketones is 1. The number of nitrogens with one attached hydrogen (secondary N) is 1. The molecule has 0 atom stereocenters. The highest BCUT2D eigenvalue weighted by Gasteiger charge is 2.17. The number of Topliss-reactive ketones (excluding diaryl/α,β-unsaturated/α-hetero) is 1. The predicted octanol–water partition coefficient (Wildman–Crippen LogP) is 5.09. The Labute approximate surface area is 161 Å². The molecule has 3 aromatic rings.